The van der Waals surface area contributed by atoms with Crippen LogP contribution in [-0.2, 0) is 0 Å². The Labute approximate surface area is 96.5 Å². The zero-order valence-electron chi connectivity index (χ0n) is 10.1. The van der Waals surface area contributed by atoms with Crippen molar-refractivity contribution in [3.63, 3.8) is 0 Å². The van der Waals surface area contributed by atoms with Gasteiger partial charge < -0.3 is 10.4 Å². The van der Waals surface area contributed by atoms with Gasteiger partial charge in [0.15, 0.2) is 0 Å². The molecule has 1 aromatic carbocycles. The van der Waals surface area contributed by atoms with Gasteiger partial charge in [0.25, 0.3) is 0 Å². The van der Waals surface area contributed by atoms with Crippen molar-refractivity contribution in [2.45, 2.75) is 26.8 Å². The third kappa shape index (κ3) is 3.58. The van der Waals surface area contributed by atoms with Crippen LogP contribution in [0.3, 0.4) is 0 Å². The van der Waals surface area contributed by atoms with E-state index in [4.69, 9.17) is 0 Å². The highest BCUT2D eigenvalue weighted by Gasteiger charge is 2.14. The van der Waals surface area contributed by atoms with Crippen molar-refractivity contribution in [1.29, 1.82) is 0 Å². The van der Waals surface area contributed by atoms with Gasteiger partial charge in [-0.1, -0.05) is 31.5 Å². The molecule has 0 aliphatic rings. The van der Waals surface area contributed by atoms with Gasteiger partial charge >= 0.3 is 0 Å². The lowest BCUT2D eigenvalue weighted by Crippen LogP contribution is -2.28. The van der Waals surface area contributed by atoms with Crippen LogP contribution < -0.4 is 5.32 Å². The van der Waals surface area contributed by atoms with Gasteiger partial charge in [0.1, 0.15) is 5.82 Å². The minimum atomic E-state index is -0.317. The summed E-state index contributed by atoms with van der Waals surface area (Å²) in [4.78, 5) is 0. The Morgan fingerprint density at radius 2 is 2.06 bits per heavy atom. The highest BCUT2D eigenvalue weighted by Crippen LogP contribution is 2.18. The second-order valence-corrected chi connectivity index (χ2v) is 4.56. The van der Waals surface area contributed by atoms with Crippen LogP contribution in [0.2, 0.25) is 0 Å². The second kappa shape index (κ2) is 5.97. The van der Waals surface area contributed by atoms with E-state index < -0.39 is 0 Å². The molecule has 1 atom stereocenters. The van der Waals surface area contributed by atoms with E-state index in [9.17, 15) is 9.50 Å². The topological polar surface area (TPSA) is 32.3 Å². The summed E-state index contributed by atoms with van der Waals surface area (Å²) < 4.78 is 13.6. The Kier molecular flexibility index (Phi) is 4.90. The fourth-order valence-corrected chi connectivity index (χ4v) is 1.58. The van der Waals surface area contributed by atoms with Crippen molar-refractivity contribution in [2.75, 3.05) is 13.2 Å². The molecule has 0 saturated carbocycles. The lowest BCUT2D eigenvalue weighted by molar-refractivity contribution is 0.238. The number of halogens is 1. The molecule has 2 nitrogen and oxygen atoms in total. The van der Waals surface area contributed by atoms with Crippen molar-refractivity contribution in [3.05, 3.63) is 35.1 Å². The first kappa shape index (κ1) is 13.1. The number of aliphatic hydroxyl groups excluding tert-OH is 1. The molecule has 0 radical (unpaired) electrons. The summed E-state index contributed by atoms with van der Waals surface area (Å²) in [5.41, 5.74) is 1.55. The summed E-state index contributed by atoms with van der Waals surface area (Å²) in [5.74, 6) is 0.211. The molecule has 3 heteroatoms. The van der Waals surface area contributed by atoms with Crippen LogP contribution in [0.5, 0.6) is 0 Å². The molecule has 0 amide bonds. The molecule has 0 bridgehead atoms. The van der Waals surface area contributed by atoms with Gasteiger partial charge in [-0.25, -0.2) is 4.39 Å². The van der Waals surface area contributed by atoms with Gasteiger partial charge in [-0.3, -0.25) is 0 Å². The lowest BCUT2D eigenvalue weighted by atomic mass is 10.0. The summed E-state index contributed by atoms with van der Waals surface area (Å²) in [6, 6.07) is 4.64. The highest BCUT2D eigenvalue weighted by atomic mass is 19.1. The third-order valence-corrected chi connectivity index (χ3v) is 2.48. The number of benzene rings is 1. The van der Waals surface area contributed by atoms with E-state index in [-0.39, 0.29) is 18.5 Å². The standard InChI is InChI=1S/C13H20FNO/c1-9(2)7-15-13(8-16)11-6-10(3)4-5-12(11)14/h4-6,9,13,15-16H,7-8H2,1-3H3. The van der Waals surface area contributed by atoms with Gasteiger partial charge in [0, 0.05) is 5.56 Å². The Morgan fingerprint density at radius 3 is 2.62 bits per heavy atom. The van der Waals surface area contributed by atoms with Crippen LogP contribution >= 0.6 is 0 Å². The molecule has 2 N–H and O–H groups in total. The van der Waals surface area contributed by atoms with Gasteiger partial charge in [-0.15, -0.1) is 0 Å². The number of nitrogens with one attached hydrogen (secondary N) is 1. The number of aryl methyl sites for hydroxylation is 1. The summed E-state index contributed by atoms with van der Waals surface area (Å²) in [6.07, 6.45) is 0. The third-order valence-electron chi connectivity index (χ3n) is 2.48. The quantitative estimate of drug-likeness (QED) is 0.806. The van der Waals surface area contributed by atoms with Crippen LogP contribution in [0.1, 0.15) is 31.0 Å². The highest BCUT2D eigenvalue weighted by molar-refractivity contribution is 5.27. The van der Waals surface area contributed by atoms with E-state index in [1.54, 1.807) is 12.1 Å². The van der Waals surface area contributed by atoms with Crippen molar-refractivity contribution in [2.24, 2.45) is 5.92 Å². The summed E-state index contributed by atoms with van der Waals surface area (Å²) in [6.45, 7) is 6.74. The summed E-state index contributed by atoms with van der Waals surface area (Å²) in [7, 11) is 0. The van der Waals surface area contributed by atoms with Crippen molar-refractivity contribution < 1.29 is 9.50 Å². The van der Waals surface area contributed by atoms with E-state index in [2.05, 4.69) is 19.2 Å². The van der Waals surface area contributed by atoms with Crippen LogP contribution in [0.15, 0.2) is 18.2 Å². The van der Waals surface area contributed by atoms with E-state index in [1.165, 1.54) is 6.07 Å². The molecule has 0 spiro atoms. The number of rotatable bonds is 5. The molecule has 0 aliphatic heterocycles. The molecule has 90 valence electrons. The molecule has 0 saturated heterocycles. The maximum Gasteiger partial charge on any atom is 0.128 e. The van der Waals surface area contributed by atoms with E-state index in [0.29, 0.717) is 11.5 Å². The van der Waals surface area contributed by atoms with Gasteiger partial charge in [0.05, 0.1) is 12.6 Å². The van der Waals surface area contributed by atoms with E-state index >= 15 is 0 Å². The Hall–Kier alpha value is -0.930. The van der Waals surface area contributed by atoms with E-state index in [1.807, 2.05) is 6.92 Å². The van der Waals surface area contributed by atoms with Gasteiger partial charge in [-0.05, 0) is 25.5 Å². The maximum absolute atomic E-state index is 13.6. The van der Waals surface area contributed by atoms with Crippen molar-refractivity contribution in [3.8, 4) is 0 Å². The molecule has 0 heterocycles. The minimum absolute atomic E-state index is 0.0902. The first-order chi connectivity index (χ1) is 7.54. The zero-order valence-corrected chi connectivity index (χ0v) is 10.1. The maximum atomic E-state index is 13.6. The van der Waals surface area contributed by atoms with Crippen LogP contribution in [0, 0.1) is 18.7 Å². The SMILES string of the molecule is Cc1ccc(F)c(C(CO)NCC(C)C)c1. The molecule has 0 aliphatic carbocycles. The normalized spacial score (nSPS) is 13.1. The Bertz CT molecular complexity index is 339. The average Bonchev–Trinajstić information content (AvgIpc) is 2.23. The van der Waals surface area contributed by atoms with E-state index in [0.717, 1.165) is 12.1 Å². The summed E-state index contributed by atoms with van der Waals surface area (Å²) in [5, 5.41) is 12.4. The molecule has 0 fully saturated rings. The van der Waals surface area contributed by atoms with Crippen molar-refractivity contribution >= 4 is 0 Å². The van der Waals surface area contributed by atoms with Crippen LogP contribution in [0.25, 0.3) is 0 Å². The number of hydrogen-bond acceptors (Lipinski definition) is 2. The molecule has 1 rings (SSSR count). The second-order valence-electron chi connectivity index (χ2n) is 4.56. The molecule has 1 unspecified atom stereocenters. The van der Waals surface area contributed by atoms with Crippen LogP contribution in [-0.4, -0.2) is 18.3 Å². The average molecular weight is 225 g/mol. The smallest absolute Gasteiger partial charge is 0.128 e. The first-order valence-corrected chi connectivity index (χ1v) is 5.65. The first-order valence-electron chi connectivity index (χ1n) is 5.65. The lowest BCUT2D eigenvalue weighted by Gasteiger charge is -2.19. The monoisotopic (exact) mass is 225 g/mol. The zero-order chi connectivity index (χ0) is 12.1. The summed E-state index contributed by atoms with van der Waals surface area (Å²) >= 11 is 0. The van der Waals surface area contributed by atoms with Crippen LogP contribution in [0.4, 0.5) is 4.39 Å². The largest absolute Gasteiger partial charge is 0.394 e. The molecular weight excluding hydrogens is 205 g/mol. The van der Waals surface area contributed by atoms with Crippen molar-refractivity contribution in [1.82, 2.24) is 5.32 Å². The molecular formula is C13H20FNO. The Balaban J connectivity index is 2.81. The predicted octanol–water partition coefficient (Wildman–Crippen LogP) is 2.41. The predicted molar refractivity (Wildman–Crippen MR) is 63.8 cm³/mol. The Morgan fingerprint density at radius 1 is 1.38 bits per heavy atom. The number of aliphatic hydroxyl groups is 1. The number of hydrogen-bond donors (Lipinski definition) is 2. The fraction of sp³-hybridized carbons (Fsp3) is 0.538. The minimum Gasteiger partial charge on any atom is -0.394 e. The van der Waals surface area contributed by atoms with Gasteiger partial charge in [0.2, 0.25) is 0 Å². The molecule has 0 aromatic heterocycles. The molecule has 16 heavy (non-hydrogen) atoms. The molecule has 1 aromatic rings. The van der Waals surface area contributed by atoms with Gasteiger partial charge in [-0.2, -0.15) is 0 Å². The fourth-order valence-electron chi connectivity index (χ4n) is 1.58.